The van der Waals surface area contributed by atoms with Crippen LogP contribution >= 0.6 is 7.37 Å². The molecule has 0 saturated heterocycles. The van der Waals surface area contributed by atoms with Gasteiger partial charge < -0.3 is 18.7 Å². The van der Waals surface area contributed by atoms with Crippen LogP contribution in [0.4, 0.5) is 0 Å². The van der Waals surface area contributed by atoms with E-state index in [1.165, 1.54) is 44.1 Å². The van der Waals surface area contributed by atoms with Gasteiger partial charge in [0, 0.05) is 5.56 Å². The van der Waals surface area contributed by atoms with Gasteiger partial charge in [-0.1, -0.05) is 55.5 Å². The van der Waals surface area contributed by atoms with E-state index < -0.39 is 7.37 Å². The molecule has 5 nitrogen and oxygen atoms in total. The van der Waals surface area contributed by atoms with Crippen molar-refractivity contribution < 1.29 is 23.3 Å². The van der Waals surface area contributed by atoms with Crippen molar-refractivity contribution >= 4 is 18.0 Å². The van der Waals surface area contributed by atoms with Gasteiger partial charge in [-0.2, -0.15) is 0 Å². The lowest BCUT2D eigenvalue weighted by Gasteiger charge is -2.61. The first-order valence-corrected chi connectivity index (χ1v) is 17.0. The van der Waals surface area contributed by atoms with E-state index in [-0.39, 0.29) is 6.79 Å². The quantitative estimate of drug-likeness (QED) is 0.160. The highest BCUT2D eigenvalue weighted by Gasteiger charge is 2.56. The second-order valence-corrected chi connectivity index (χ2v) is 15.7. The summed E-state index contributed by atoms with van der Waals surface area (Å²) in [6, 6.07) is 29.4. The number of rotatable bonds is 7. The summed E-state index contributed by atoms with van der Waals surface area (Å²) in [4.78, 5) is 0. The predicted molar refractivity (Wildman–Crippen MR) is 169 cm³/mol. The molecule has 4 aliphatic carbocycles. The van der Waals surface area contributed by atoms with E-state index in [2.05, 4.69) is 31.2 Å². The molecule has 1 aliphatic heterocycles. The van der Waals surface area contributed by atoms with Crippen molar-refractivity contribution in [3.63, 3.8) is 0 Å². The van der Waals surface area contributed by atoms with Crippen molar-refractivity contribution in [2.24, 2.45) is 17.3 Å². The van der Waals surface area contributed by atoms with E-state index in [9.17, 15) is 4.57 Å². The van der Waals surface area contributed by atoms with E-state index in [1.807, 2.05) is 48.5 Å². The van der Waals surface area contributed by atoms with Gasteiger partial charge in [0.05, 0.1) is 17.7 Å². The Balaban J connectivity index is 1.01. The molecular formula is C37H37O5P. The molecular weight excluding hydrogens is 555 g/mol. The Bertz CT molecular complexity index is 1730. The van der Waals surface area contributed by atoms with Crippen molar-refractivity contribution in [1.82, 2.24) is 0 Å². The summed E-state index contributed by atoms with van der Waals surface area (Å²) < 4.78 is 38.7. The molecule has 4 aromatic rings. The van der Waals surface area contributed by atoms with Crippen molar-refractivity contribution in [1.29, 1.82) is 0 Å². The Morgan fingerprint density at radius 2 is 1.47 bits per heavy atom. The van der Waals surface area contributed by atoms with Crippen molar-refractivity contribution in [3.8, 4) is 34.1 Å². The second kappa shape index (κ2) is 9.92. The van der Waals surface area contributed by atoms with Gasteiger partial charge in [-0.15, -0.1) is 0 Å². The lowest BCUT2D eigenvalue weighted by molar-refractivity contribution is -0.0615. The van der Waals surface area contributed by atoms with Crippen LogP contribution in [0, 0.1) is 17.3 Å². The van der Waals surface area contributed by atoms with E-state index in [0.29, 0.717) is 38.7 Å². The van der Waals surface area contributed by atoms with Gasteiger partial charge in [0.1, 0.15) is 23.0 Å². The fraction of sp³-hybridized carbons (Fsp3) is 0.351. The summed E-state index contributed by atoms with van der Waals surface area (Å²) in [5, 5.41) is 1.11. The number of para-hydroxylation sites is 1. The third-order valence-electron chi connectivity index (χ3n) is 10.4. The molecule has 6 heteroatoms. The minimum Gasteiger partial charge on any atom is -0.496 e. The van der Waals surface area contributed by atoms with Gasteiger partial charge in [-0.05, 0) is 115 Å². The molecule has 3 atom stereocenters. The average Bonchev–Trinajstić information content (AvgIpc) is 3.00. The maximum atomic E-state index is 14.7. The van der Waals surface area contributed by atoms with Gasteiger partial charge in [0.15, 0.2) is 0 Å². The highest BCUT2D eigenvalue weighted by Crippen LogP contribution is 2.65. The summed E-state index contributed by atoms with van der Waals surface area (Å²) in [6.45, 7) is 2.55. The first-order valence-electron chi connectivity index (χ1n) is 15.4. The van der Waals surface area contributed by atoms with Gasteiger partial charge in [0.25, 0.3) is 0 Å². The van der Waals surface area contributed by atoms with Crippen LogP contribution in [0.15, 0.2) is 91.0 Å². The van der Waals surface area contributed by atoms with E-state index in [0.717, 1.165) is 28.7 Å². The highest BCUT2D eigenvalue weighted by molar-refractivity contribution is 7.75. The maximum absolute atomic E-state index is 14.7. The van der Waals surface area contributed by atoms with Crippen LogP contribution in [0.2, 0.25) is 0 Å². The Kier molecular flexibility index (Phi) is 6.21. The standard InChI is InChI=1S/C37H37O5P/c1-36-19-25-17-26(20-36)22-37(21-25,23-36)27-11-13-28(14-12-27)40-24-41-29-15-16-33(39-2)35(18-29)43(38)34-10-6-4-8-31(34)30-7-3-5-9-32(30)42-43/h3-16,18,25-26H,17,19-24H2,1-2H3. The summed E-state index contributed by atoms with van der Waals surface area (Å²) >= 11 is 0. The van der Waals surface area contributed by atoms with Crippen LogP contribution in [0.5, 0.6) is 23.0 Å². The topological polar surface area (TPSA) is 54.0 Å². The number of methoxy groups -OCH3 is 1. The highest BCUT2D eigenvalue weighted by atomic mass is 31.2. The van der Waals surface area contributed by atoms with Gasteiger partial charge in [0.2, 0.25) is 6.79 Å². The third kappa shape index (κ3) is 4.47. The Morgan fingerprint density at radius 3 is 2.21 bits per heavy atom. The van der Waals surface area contributed by atoms with E-state index in [4.69, 9.17) is 18.7 Å². The zero-order chi connectivity index (χ0) is 29.2. The molecule has 5 aliphatic rings. The first-order chi connectivity index (χ1) is 20.9. The molecule has 4 fully saturated rings. The first kappa shape index (κ1) is 26.9. The van der Waals surface area contributed by atoms with Gasteiger partial charge >= 0.3 is 7.37 Å². The average molecular weight is 593 g/mol. The summed E-state index contributed by atoms with van der Waals surface area (Å²) in [5.41, 5.74) is 4.15. The maximum Gasteiger partial charge on any atom is 0.311 e. The molecule has 4 bridgehead atoms. The number of benzene rings is 4. The van der Waals surface area contributed by atoms with Crippen LogP contribution in [-0.4, -0.2) is 13.9 Å². The lowest BCUT2D eigenvalue weighted by atomic mass is 9.43. The summed E-state index contributed by atoms with van der Waals surface area (Å²) in [5.74, 6) is 4.17. The normalized spacial score (nSPS) is 29.7. The van der Waals surface area contributed by atoms with Crippen molar-refractivity contribution in [2.75, 3.05) is 13.9 Å². The number of fused-ring (bicyclic) bond motifs is 3. The zero-order valence-corrected chi connectivity index (χ0v) is 25.6. The molecule has 4 saturated carbocycles. The Hall–Kier alpha value is -3.69. The molecule has 0 aromatic heterocycles. The van der Waals surface area contributed by atoms with Gasteiger partial charge in [-0.3, -0.25) is 4.57 Å². The molecule has 0 N–H and O–H groups in total. The Morgan fingerprint density at radius 1 is 0.791 bits per heavy atom. The second-order valence-electron chi connectivity index (χ2n) is 13.5. The lowest BCUT2D eigenvalue weighted by Crippen LogP contribution is -2.52. The summed E-state index contributed by atoms with van der Waals surface area (Å²) in [6.07, 6.45) is 8.26. The van der Waals surface area contributed by atoms with Crippen molar-refractivity contribution in [3.05, 3.63) is 96.6 Å². The molecule has 3 unspecified atom stereocenters. The number of hydrogen-bond acceptors (Lipinski definition) is 5. The van der Waals surface area contributed by atoms with Gasteiger partial charge in [-0.25, -0.2) is 0 Å². The van der Waals surface area contributed by atoms with E-state index in [1.54, 1.807) is 25.3 Å². The van der Waals surface area contributed by atoms with Crippen molar-refractivity contribution in [2.45, 2.75) is 50.9 Å². The molecule has 220 valence electrons. The minimum absolute atomic E-state index is 0.0308. The van der Waals surface area contributed by atoms with Crippen LogP contribution < -0.4 is 29.3 Å². The van der Waals surface area contributed by atoms with Crippen LogP contribution in [0.25, 0.3) is 11.1 Å². The molecule has 0 spiro atoms. The molecule has 1 heterocycles. The fourth-order valence-corrected chi connectivity index (χ4v) is 11.7. The molecule has 43 heavy (non-hydrogen) atoms. The molecule has 0 amide bonds. The smallest absolute Gasteiger partial charge is 0.311 e. The largest absolute Gasteiger partial charge is 0.496 e. The molecule has 0 radical (unpaired) electrons. The third-order valence-corrected chi connectivity index (χ3v) is 12.8. The monoisotopic (exact) mass is 592 g/mol. The SMILES string of the molecule is COc1ccc(OCOc2ccc(C34CC5CC(CC(C)(C5)C3)C4)cc2)cc1P1(=O)Oc2ccccc2-c2ccccc21. The summed E-state index contributed by atoms with van der Waals surface area (Å²) in [7, 11) is -1.96. The number of ether oxygens (including phenoxy) is 3. The zero-order valence-electron chi connectivity index (χ0n) is 24.8. The predicted octanol–water partition coefficient (Wildman–Crippen LogP) is 8.26. The van der Waals surface area contributed by atoms with Crippen LogP contribution in [0.1, 0.15) is 51.0 Å². The Labute approximate surface area is 253 Å². The van der Waals surface area contributed by atoms with Crippen LogP contribution in [0.3, 0.4) is 0 Å². The molecule has 4 aromatic carbocycles. The molecule has 9 rings (SSSR count). The number of hydrogen-bond donors (Lipinski definition) is 0. The van der Waals surface area contributed by atoms with E-state index >= 15 is 0 Å². The minimum atomic E-state index is -3.54. The fourth-order valence-electron chi connectivity index (χ4n) is 9.21. The van der Waals surface area contributed by atoms with Crippen LogP contribution in [-0.2, 0) is 9.98 Å².